The van der Waals surface area contributed by atoms with Gasteiger partial charge >= 0.3 is 0 Å². The zero-order chi connectivity index (χ0) is 21.7. The highest BCUT2D eigenvalue weighted by atomic mass is 32.2. The van der Waals surface area contributed by atoms with Crippen molar-refractivity contribution >= 4 is 21.6 Å². The number of nitrogens with one attached hydrogen (secondary N) is 1. The molecule has 0 aliphatic carbocycles. The molecule has 7 nitrogen and oxygen atoms in total. The van der Waals surface area contributed by atoms with Gasteiger partial charge in [-0.15, -0.1) is 0 Å². The van der Waals surface area contributed by atoms with Crippen LogP contribution in [0.25, 0.3) is 0 Å². The zero-order valence-electron chi connectivity index (χ0n) is 16.9. The molecular formula is C21H25FN2O5S. The number of anilines is 1. The lowest BCUT2D eigenvalue weighted by atomic mass is 9.97. The highest BCUT2D eigenvalue weighted by molar-refractivity contribution is 7.88. The van der Waals surface area contributed by atoms with Gasteiger partial charge in [-0.25, -0.2) is 17.1 Å². The largest absolute Gasteiger partial charge is 0.497 e. The van der Waals surface area contributed by atoms with E-state index in [2.05, 4.69) is 5.32 Å². The van der Waals surface area contributed by atoms with E-state index < -0.39 is 15.8 Å². The summed E-state index contributed by atoms with van der Waals surface area (Å²) in [6.45, 7) is 0.434. The number of ether oxygens (including phenoxy) is 2. The third-order valence-electron chi connectivity index (χ3n) is 5.18. The maximum Gasteiger partial charge on any atom is 0.227 e. The fraction of sp³-hybridized carbons (Fsp3) is 0.381. The smallest absolute Gasteiger partial charge is 0.227 e. The molecule has 1 N–H and O–H groups in total. The Bertz CT molecular complexity index is 1000. The van der Waals surface area contributed by atoms with Crippen molar-refractivity contribution in [2.45, 2.75) is 18.6 Å². The van der Waals surface area contributed by atoms with E-state index in [1.54, 1.807) is 31.4 Å². The molecule has 2 aromatic carbocycles. The summed E-state index contributed by atoms with van der Waals surface area (Å²) in [6.07, 6.45) is 0.779. The minimum absolute atomic E-state index is 0.143. The fourth-order valence-corrected chi connectivity index (χ4v) is 5.01. The second-order valence-corrected chi connectivity index (χ2v) is 9.05. The lowest BCUT2D eigenvalue weighted by Crippen LogP contribution is -2.42. The number of carbonyl (C=O) groups excluding carboxylic acids is 1. The first-order valence-corrected chi connectivity index (χ1v) is 11.2. The van der Waals surface area contributed by atoms with E-state index in [1.165, 1.54) is 29.6 Å². The van der Waals surface area contributed by atoms with Crippen LogP contribution in [0, 0.1) is 11.7 Å². The molecule has 0 spiro atoms. The standard InChI is InChI=1S/C21H25FN2O5S/c1-28-17-7-8-19(20(13-17)29-2)23-21(25)15-9-11-24(12-10-15)30(26,27)14-16-5-3-4-6-18(16)22/h3-8,13,15H,9-12,14H2,1-2H3,(H,23,25). The quantitative estimate of drug-likeness (QED) is 0.721. The van der Waals surface area contributed by atoms with Gasteiger partial charge in [-0.2, -0.15) is 0 Å². The van der Waals surface area contributed by atoms with Crippen LogP contribution >= 0.6 is 0 Å². The number of hydrogen-bond donors (Lipinski definition) is 1. The van der Waals surface area contributed by atoms with Crippen molar-refractivity contribution in [1.82, 2.24) is 4.31 Å². The Labute approximate surface area is 175 Å². The monoisotopic (exact) mass is 436 g/mol. The molecule has 0 aromatic heterocycles. The molecule has 9 heteroatoms. The van der Waals surface area contributed by atoms with E-state index in [-0.39, 0.29) is 36.2 Å². The van der Waals surface area contributed by atoms with E-state index in [9.17, 15) is 17.6 Å². The Morgan fingerprint density at radius 3 is 2.47 bits per heavy atom. The van der Waals surface area contributed by atoms with E-state index >= 15 is 0 Å². The molecule has 0 atom stereocenters. The molecule has 0 unspecified atom stereocenters. The number of piperidine rings is 1. The lowest BCUT2D eigenvalue weighted by molar-refractivity contribution is -0.120. The Morgan fingerprint density at radius 2 is 1.83 bits per heavy atom. The van der Waals surface area contributed by atoms with Gasteiger partial charge in [-0.05, 0) is 31.0 Å². The second kappa shape index (κ2) is 9.44. The van der Waals surface area contributed by atoms with E-state index in [4.69, 9.17) is 9.47 Å². The second-order valence-electron chi connectivity index (χ2n) is 7.08. The van der Waals surface area contributed by atoms with Gasteiger partial charge in [0.1, 0.15) is 17.3 Å². The van der Waals surface area contributed by atoms with Gasteiger partial charge in [0.2, 0.25) is 15.9 Å². The number of carbonyl (C=O) groups is 1. The molecular weight excluding hydrogens is 411 g/mol. The topological polar surface area (TPSA) is 84.9 Å². The highest BCUT2D eigenvalue weighted by Gasteiger charge is 2.32. The van der Waals surface area contributed by atoms with Gasteiger partial charge in [0.25, 0.3) is 0 Å². The minimum atomic E-state index is -3.66. The first kappa shape index (κ1) is 22.0. The summed E-state index contributed by atoms with van der Waals surface area (Å²) < 4.78 is 50.9. The first-order chi connectivity index (χ1) is 14.3. The van der Waals surface area contributed by atoms with E-state index in [0.29, 0.717) is 30.0 Å². The van der Waals surface area contributed by atoms with Crippen molar-refractivity contribution in [2.24, 2.45) is 5.92 Å². The molecule has 1 fully saturated rings. The average Bonchev–Trinajstić information content (AvgIpc) is 2.75. The maximum atomic E-state index is 13.8. The molecule has 1 heterocycles. The maximum absolute atomic E-state index is 13.8. The Hall–Kier alpha value is -2.65. The van der Waals surface area contributed by atoms with Crippen LogP contribution in [0.4, 0.5) is 10.1 Å². The van der Waals surface area contributed by atoms with Gasteiger partial charge in [0.15, 0.2) is 0 Å². The van der Waals surface area contributed by atoms with Crippen LogP contribution in [0.2, 0.25) is 0 Å². The fourth-order valence-electron chi connectivity index (χ4n) is 3.44. The molecule has 30 heavy (non-hydrogen) atoms. The molecule has 1 aliphatic rings. The van der Waals surface area contributed by atoms with Crippen LogP contribution in [0.15, 0.2) is 42.5 Å². The molecule has 162 valence electrons. The SMILES string of the molecule is COc1ccc(NC(=O)C2CCN(S(=O)(=O)Cc3ccccc3F)CC2)c(OC)c1. The molecule has 1 aliphatic heterocycles. The van der Waals surface area contributed by atoms with Gasteiger partial charge < -0.3 is 14.8 Å². The van der Waals surface area contributed by atoms with Gasteiger partial charge in [-0.1, -0.05) is 18.2 Å². The molecule has 0 bridgehead atoms. The number of halogens is 1. The summed E-state index contributed by atoms with van der Waals surface area (Å²) in [7, 11) is -0.612. The third-order valence-corrected chi connectivity index (χ3v) is 7.01. The van der Waals surface area contributed by atoms with Crippen molar-refractivity contribution in [3.05, 3.63) is 53.8 Å². The molecule has 0 radical (unpaired) electrons. The number of amides is 1. The molecule has 3 rings (SSSR count). The molecule has 2 aromatic rings. The Kier molecular flexibility index (Phi) is 6.94. The summed E-state index contributed by atoms with van der Waals surface area (Å²) in [4.78, 5) is 12.7. The number of rotatable bonds is 7. The Morgan fingerprint density at radius 1 is 1.13 bits per heavy atom. The summed E-state index contributed by atoms with van der Waals surface area (Å²) in [5.41, 5.74) is 0.668. The summed E-state index contributed by atoms with van der Waals surface area (Å²) in [6, 6.07) is 10.9. The van der Waals surface area contributed by atoms with Crippen LogP contribution in [-0.2, 0) is 20.6 Å². The van der Waals surface area contributed by atoms with Gasteiger partial charge in [0.05, 0.1) is 25.7 Å². The van der Waals surface area contributed by atoms with Crippen LogP contribution in [-0.4, -0.2) is 45.9 Å². The Balaban J connectivity index is 1.60. The number of nitrogens with zero attached hydrogens (tertiary/aromatic N) is 1. The number of sulfonamides is 1. The lowest BCUT2D eigenvalue weighted by Gasteiger charge is -2.30. The van der Waals surface area contributed by atoms with Crippen molar-refractivity contribution in [3.8, 4) is 11.5 Å². The van der Waals surface area contributed by atoms with Gasteiger partial charge in [0, 0.05) is 30.6 Å². The van der Waals surface area contributed by atoms with Crippen LogP contribution < -0.4 is 14.8 Å². The summed E-state index contributed by atoms with van der Waals surface area (Å²) >= 11 is 0. The third kappa shape index (κ3) is 5.09. The number of methoxy groups -OCH3 is 2. The molecule has 1 amide bonds. The van der Waals surface area contributed by atoms with Crippen molar-refractivity contribution in [2.75, 3.05) is 32.6 Å². The first-order valence-electron chi connectivity index (χ1n) is 9.58. The van der Waals surface area contributed by atoms with Crippen LogP contribution in [0.3, 0.4) is 0 Å². The van der Waals surface area contributed by atoms with Crippen molar-refractivity contribution in [3.63, 3.8) is 0 Å². The van der Waals surface area contributed by atoms with Crippen LogP contribution in [0.5, 0.6) is 11.5 Å². The van der Waals surface area contributed by atoms with Gasteiger partial charge in [-0.3, -0.25) is 4.79 Å². The predicted molar refractivity (Wildman–Crippen MR) is 111 cm³/mol. The summed E-state index contributed by atoms with van der Waals surface area (Å²) in [5, 5.41) is 2.85. The number of hydrogen-bond acceptors (Lipinski definition) is 5. The minimum Gasteiger partial charge on any atom is -0.497 e. The predicted octanol–water partition coefficient (Wildman–Crippen LogP) is 3.02. The van der Waals surface area contributed by atoms with E-state index in [1.807, 2.05) is 0 Å². The average molecular weight is 437 g/mol. The summed E-state index contributed by atoms with van der Waals surface area (Å²) in [5.74, 6) is -0.351. The normalized spacial score (nSPS) is 15.6. The van der Waals surface area contributed by atoms with Crippen molar-refractivity contribution in [1.29, 1.82) is 0 Å². The van der Waals surface area contributed by atoms with E-state index in [0.717, 1.165) is 0 Å². The van der Waals surface area contributed by atoms with Crippen LogP contribution in [0.1, 0.15) is 18.4 Å². The highest BCUT2D eigenvalue weighted by Crippen LogP contribution is 2.30. The zero-order valence-corrected chi connectivity index (χ0v) is 17.7. The molecule has 1 saturated heterocycles. The number of benzene rings is 2. The molecule has 0 saturated carbocycles. The van der Waals surface area contributed by atoms with Crippen molar-refractivity contribution < 1.29 is 27.1 Å².